The van der Waals surface area contributed by atoms with Gasteiger partial charge in [-0.05, 0) is 41.0 Å². The largest absolute Gasteiger partial charge is 0.508 e. The Bertz CT molecular complexity index is 916. The van der Waals surface area contributed by atoms with Gasteiger partial charge in [0.25, 0.3) is 0 Å². The number of fused-ring (bicyclic) bond motifs is 1. The highest BCUT2D eigenvalue weighted by Crippen LogP contribution is 2.36. The molecule has 1 heterocycles. The molecule has 1 aliphatic rings. The number of hydrogen-bond donors (Lipinski definition) is 1. The van der Waals surface area contributed by atoms with Crippen molar-refractivity contribution in [2.24, 2.45) is 0 Å². The third kappa shape index (κ3) is 3.13. The zero-order valence-electron chi connectivity index (χ0n) is 13.7. The molecular weight excluding hydrogens is 312 g/mol. The van der Waals surface area contributed by atoms with Gasteiger partial charge in [-0.15, -0.1) is 0 Å². The Morgan fingerprint density at radius 3 is 2.56 bits per heavy atom. The third-order valence-corrected chi connectivity index (χ3v) is 4.54. The number of rotatable bonds is 3. The maximum atomic E-state index is 12.4. The molecule has 0 aromatic heterocycles. The van der Waals surface area contributed by atoms with Crippen LogP contribution in [0.1, 0.15) is 39.6 Å². The molecule has 0 fully saturated rings. The minimum absolute atomic E-state index is 0.0875. The Kier molecular flexibility index (Phi) is 3.98. The van der Waals surface area contributed by atoms with Crippen molar-refractivity contribution in [3.05, 3.63) is 95.1 Å². The van der Waals surface area contributed by atoms with Crippen LogP contribution in [0.5, 0.6) is 11.5 Å². The minimum Gasteiger partial charge on any atom is -0.508 e. The lowest BCUT2D eigenvalue weighted by Gasteiger charge is -2.26. The van der Waals surface area contributed by atoms with Crippen LogP contribution < -0.4 is 4.74 Å². The van der Waals surface area contributed by atoms with Crippen LogP contribution in [-0.4, -0.2) is 10.9 Å². The van der Waals surface area contributed by atoms with Crippen LogP contribution in [0.25, 0.3) is 0 Å². The van der Waals surface area contributed by atoms with E-state index in [1.807, 2.05) is 60.7 Å². The van der Waals surface area contributed by atoms with Crippen molar-refractivity contribution in [3.63, 3.8) is 0 Å². The van der Waals surface area contributed by atoms with Crippen LogP contribution in [0.15, 0.2) is 72.8 Å². The van der Waals surface area contributed by atoms with E-state index in [2.05, 4.69) is 0 Å². The maximum Gasteiger partial charge on any atom is 0.170 e. The van der Waals surface area contributed by atoms with Crippen molar-refractivity contribution in [2.45, 2.75) is 18.9 Å². The molecule has 124 valence electrons. The molecule has 0 saturated carbocycles. The summed E-state index contributed by atoms with van der Waals surface area (Å²) in [6, 6.07) is 22.8. The van der Waals surface area contributed by atoms with Gasteiger partial charge in [-0.25, -0.2) is 0 Å². The van der Waals surface area contributed by atoms with Crippen molar-refractivity contribution in [1.29, 1.82) is 0 Å². The van der Waals surface area contributed by atoms with Crippen LogP contribution >= 0.6 is 0 Å². The van der Waals surface area contributed by atoms with E-state index in [1.165, 1.54) is 0 Å². The molecule has 0 bridgehead atoms. The van der Waals surface area contributed by atoms with Gasteiger partial charge < -0.3 is 9.84 Å². The number of para-hydroxylation sites is 1. The van der Waals surface area contributed by atoms with Gasteiger partial charge in [-0.3, -0.25) is 4.79 Å². The second-order valence-corrected chi connectivity index (χ2v) is 6.28. The topological polar surface area (TPSA) is 46.5 Å². The van der Waals surface area contributed by atoms with E-state index < -0.39 is 0 Å². The Morgan fingerprint density at radius 1 is 0.960 bits per heavy atom. The number of carbonyl (C=O) groups is 1. The number of ketones is 1. The number of Topliss-reactive ketones (excluding diaryl/α,β-unsaturated/α-hetero) is 1. The standard InChI is InChI=1S/C22H18O3/c23-19-11-10-16(13-17(19)12-15-6-2-1-3-7-15)22-14-20(24)18-8-4-5-9-21(18)25-22/h1-11,13,22-23H,12,14H2. The quantitative estimate of drug-likeness (QED) is 0.758. The van der Waals surface area contributed by atoms with E-state index in [1.54, 1.807) is 12.1 Å². The molecule has 0 saturated heterocycles. The maximum absolute atomic E-state index is 12.4. The van der Waals surface area contributed by atoms with Gasteiger partial charge in [-0.1, -0.05) is 48.5 Å². The fourth-order valence-electron chi connectivity index (χ4n) is 3.22. The zero-order chi connectivity index (χ0) is 17.2. The number of phenols is 1. The number of benzene rings is 3. The van der Waals surface area contributed by atoms with Gasteiger partial charge in [0.15, 0.2) is 5.78 Å². The van der Waals surface area contributed by atoms with Gasteiger partial charge in [-0.2, -0.15) is 0 Å². The van der Waals surface area contributed by atoms with E-state index >= 15 is 0 Å². The summed E-state index contributed by atoms with van der Waals surface area (Å²) in [6.07, 6.45) is 0.627. The Hall–Kier alpha value is -3.07. The summed E-state index contributed by atoms with van der Waals surface area (Å²) >= 11 is 0. The van der Waals surface area contributed by atoms with Crippen molar-refractivity contribution in [2.75, 3.05) is 0 Å². The van der Waals surface area contributed by atoms with E-state index in [-0.39, 0.29) is 17.6 Å². The lowest BCUT2D eigenvalue weighted by molar-refractivity contribution is 0.0850. The van der Waals surface area contributed by atoms with Crippen LogP contribution in [0.3, 0.4) is 0 Å². The summed E-state index contributed by atoms with van der Waals surface area (Å²) in [5.74, 6) is 0.973. The number of aromatic hydroxyl groups is 1. The summed E-state index contributed by atoms with van der Waals surface area (Å²) in [5, 5.41) is 10.2. The number of carbonyl (C=O) groups excluding carboxylic acids is 1. The summed E-state index contributed by atoms with van der Waals surface area (Å²) in [6.45, 7) is 0. The SMILES string of the molecule is O=C1CC(c2ccc(O)c(Cc3ccccc3)c2)Oc2ccccc21. The monoisotopic (exact) mass is 330 g/mol. The zero-order valence-corrected chi connectivity index (χ0v) is 13.7. The van der Waals surface area contributed by atoms with E-state index in [0.717, 1.165) is 16.7 Å². The number of hydrogen-bond acceptors (Lipinski definition) is 3. The molecule has 4 rings (SSSR count). The molecule has 1 unspecified atom stereocenters. The van der Waals surface area contributed by atoms with Crippen LogP contribution in [0, 0.1) is 0 Å². The van der Waals surface area contributed by atoms with Gasteiger partial charge in [0.05, 0.1) is 12.0 Å². The van der Waals surface area contributed by atoms with Gasteiger partial charge in [0, 0.05) is 6.42 Å². The highest BCUT2D eigenvalue weighted by molar-refractivity contribution is 5.99. The first kappa shape index (κ1) is 15.5. The smallest absolute Gasteiger partial charge is 0.170 e. The summed E-state index contributed by atoms with van der Waals surface area (Å²) < 4.78 is 6.03. The number of phenolic OH excluding ortho intramolecular Hbond substituents is 1. The highest BCUT2D eigenvalue weighted by Gasteiger charge is 2.27. The molecule has 3 nitrogen and oxygen atoms in total. The van der Waals surface area contributed by atoms with Gasteiger partial charge >= 0.3 is 0 Å². The predicted octanol–water partition coefficient (Wildman–Crippen LogP) is 4.69. The third-order valence-electron chi connectivity index (χ3n) is 4.54. The Labute approximate surface area is 146 Å². The van der Waals surface area contributed by atoms with Crippen LogP contribution in [0.2, 0.25) is 0 Å². The van der Waals surface area contributed by atoms with Crippen molar-refractivity contribution in [1.82, 2.24) is 0 Å². The normalized spacial score (nSPS) is 16.2. The molecule has 1 N–H and O–H groups in total. The minimum atomic E-state index is -0.322. The van der Waals surface area contributed by atoms with Crippen LogP contribution in [0.4, 0.5) is 0 Å². The molecule has 1 atom stereocenters. The molecular formula is C22H18O3. The first-order chi connectivity index (χ1) is 12.2. The van der Waals surface area contributed by atoms with E-state index in [9.17, 15) is 9.90 Å². The fraction of sp³-hybridized carbons (Fsp3) is 0.136. The van der Waals surface area contributed by atoms with Crippen LogP contribution in [-0.2, 0) is 6.42 Å². The second-order valence-electron chi connectivity index (χ2n) is 6.28. The van der Waals surface area contributed by atoms with Crippen molar-refractivity contribution < 1.29 is 14.6 Å². The highest BCUT2D eigenvalue weighted by atomic mass is 16.5. The summed E-state index contributed by atoms with van der Waals surface area (Å²) in [7, 11) is 0. The first-order valence-electron chi connectivity index (χ1n) is 8.35. The molecule has 0 aliphatic carbocycles. The molecule has 25 heavy (non-hydrogen) atoms. The molecule has 0 radical (unpaired) electrons. The van der Waals surface area contributed by atoms with Crippen molar-refractivity contribution >= 4 is 5.78 Å². The summed E-state index contributed by atoms with van der Waals surface area (Å²) in [4.78, 5) is 12.4. The average molecular weight is 330 g/mol. The molecule has 3 aromatic carbocycles. The van der Waals surface area contributed by atoms with Gasteiger partial charge in [0.2, 0.25) is 0 Å². The van der Waals surface area contributed by atoms with E-state index in [4.69, 9.17) is 4.74 Å². The first-order valence-corrected chi connectivity index (χ1v) is 8.35. The molecule has 3 heteroatoms. The van der Waals surface area contributed by atoms with Gasteiger partial charge in [0.1, 0.15) is 17.6 Å². The molecule has 1 aliphatic heterocycles. The Morgan fingerprint density at radius 2 is 1.72 bits per heavy atom. The lowest BCUT2D eigenvalue weighted by atomic mass is 9.94. The van der Waals surface area contributed by atoms with Crippen molar-refractivity contribution in [3.8, 4) is 11.5 Å². The number of ether oxygens (including phenoxy) is 1. The second kappa shape index (κ2) is 6.44. The van der Waals surface area contributed by atoms with E-state index in [0.29, 0.717) is 24.2 Å². The fourth-order valence-corrected chi connectivity index (χ4v) is 3.22. The Balaban J connectivity index is 1.63. The summed E-state index contributed by atoms with van der Waals surface area (Å²) in [5.41, 5.74) is 3.51. The molecule has 3 aromatic rings. The average Bonchev–Trinajstić information content (AvgIpc) is 2.64. The predicted molar refractivity (Wildman–Crippen MR) is 96.1 cm³/mol. The lowest BCUT2D eigenvalue weighted by Crippen LogP contribution is -2.20. The molecule has 0 amide bonds. The molecule has 0 spiro atoms.